The number of carbonyl (C=O) groups is 2. The molecule has 3 N–H and O–H groups in total. The number of rotatable bonds is 3. The smallest absolute Gasteiger partial charge is 0.255 e. The van der Waals surface area contributed by atoms with Crippen LogP contribution < -0.4 is 11.1 Å². The van der Waals surface area contributed by atoms with Gasteiger partial charge in [0, 0.05) is 30.7 Å². The Hall–Kier alpha value is -1.59. The van der Waals surface area contributed by atoms with Crippen LogP contribution in [-0.4, -0.2) is 35.8 Å². The lowest BCUT2D eigenvalue weighted by molar-refractivity contribution is -0.118. The number of amides is 2. The van der Waals surface area contributed by atoms with Gasteiger partial charge in [-0.1, -0.05) is 39.3 Å². The number of piperidine rings is 1. The summed E-state index contributed by atoms with van der Waals surface area (Å²) in [7, 11) is 0. The molecule has 132 valence electrons. The van der Waals surface area contributed by atoms with Gasteiger partial charge in [0.15, 0.2) is 0 Å². The van der Waals surface area contributed by atoms with E-state index in [1.807, 2.05) is 13.8 Å². The third-order valence-corrected chi connectivity index (χ3v) is 4.92. The number of anilines is 1. The fourth-order valence-electron chi connectivity index (χ4n) is 2.77. The van der Waals surface area contributed by atoms with E-state index in [0.717, 1.165) is 6.42 Å². The molecule has 1 aromatic rings. The predicted molar refractivity (Wildman–Crippen MR) is 97.2 cm³/mol. The minimum absolute atomic E-state index is 0.0775. The molecule has 0 bridgehead atoms. The molecule has 5 nitrogen and oxygen atoms in total. The van der Waals surface area contributed by atoms with Gasteiger partial charge in [0.1, 0.15) is 0 Å². The van der Waals surface area contributed by atoms with E-state index in [-0.39, 0.29) is 29.2 Å². The molecule has 2 rings (SSSR count). The highest BCUT2D eigenvalue weighted by Gasteiger charge is 2.36. The molecule has 1 unspecified atom stereocenters. The summed E-state index contributed by atoms with van der Waals surface area (Å²) in [6.45, 7) is 8.97. The first-order valence-electron chi connectivity index (χ1n) is 8.27. The molecule has 1 aliphatic rings. The van der Waals surface area contributed by atoms with Crippen molar-refractivity contribution in [3.05, 3.63) is 28.8 Å². The van der Waals surface area contributed by atoms with Crippen molar-refractivity contribution in [2.75, 3.05) is 18.4 Å². The van der Waals surface area contributed by atoms with Crippen LogP contribution in [0.15, 0.2) is 18.2 Å². The predicted octanol–water partition coefficient (Wildman–Crippen LogP) is 3.13. The Balaban J connectivity index is 2.21. The maximum absolute atomic E-state index is 12.9. The summed E-state index contributed by atoms with van der Waals surface area (Å²) >= 11 is 6.22. The molecule has 0 aliphatic carbocycles. The molecule has 0 spiro atoms. The SMILES string of the molecule is CC(C)C(=O)Nc1ccc(Cl)c(C(=O)N2CCC(N)C(C)(C)C2)c1. The van der Waals surface area contributed by atoms with E-state index in [9.17, 15) is 9.59 Å². The first-order chi connectivity index (χ1) is 11.1. The third kappa shape index (κ3) is 4.08. The average Bonchev–Trinajstić information content (AvgIpc) is 2.51. The fourth-order valence-corrected chi connectivity index (χ4v) is 2.97. The number of nitrogens with one attached hydrogen (secondary N) is 1. The second-order valence-electron chi connectivity index (χ2n) is 7.45. The Kier molecular flexibility index (Phi) is 5.56. The molecule has 24 heavy (non-hydrogen) atoms. The minimum Gasteiger partial charge on any atom is -0.338 e. The Morgan fingerprint density at radius 1 is 1.38 bits per heavy atom. The van der Waals surface area contributed by atoms with Crippen LogP contribution in [-0.2, 0) is 4.79 Å². The highest BCUT2D eigenvalue weighted by Crippen LogP contribution is 2.30. The minimum atomic E-state index is -0.135. The van der Waals surface area contributed by atoms with Crippen molar-refractivity contribution in [3.8, 4) is 0 Å². The molecule has 1 aromatic carbocycles. The second-order valence-corrected chi connectivity index (χ2v) is 7.86. The summed E-state index contributed by atoms with van der Waals surface area (Å²) in [4.78, 5) is 26.5. The van der Waals surface area contributed by atoms with E-state index in [1.165, 1.54) is 0 Å². The molecular formula is C18H26ClN3O2. The van der Waals surface area contributed by atoms with E-state index < -0.39 is 0 Å². The molecule has 0 radical (unpaired) electrons. The summed E-state index contributed by atoms with van der Waals surface area (Å²) < 4.78 is 0. The van der Waals surface area contributed by atoms with Gasteiger partial charge in [-0.15, -0.1) is 0 Å². The number of likely N-dealkylation sites (tertiary alicyclic amines) is 1. The van der Waals surface area contributed by atoms with Gasteiger partial charge in [-0.05, 0) is 30.0 Å². The molecule has 0 aromatic heterocycles. The zero-order valence-corrected chi connectivity index (χ0v) is 15.5. The summed E-state index contributed by atoms with van der Waals surface area (Å²) in [5.41, 5.74) is 6.99. The summed E-state index contributed by atoms with van der Waals surface area (Å²) in [5.74, 6) is -0.356. The first-order valence-corrected chi connectivity index (χ1v) is 8.65. The fraction of sp³-hybridized carbons (Fsp3) is 0.556. The third-order valence-electron chi connectivity index (χ3n) is 4.59. The van der Waals surface area contributed by atoms with Gasteiger partial charge in [0.25, 0.3) is 5.91 Å². The van der Waals surface area contributed by atoms with Crippen molar-refractivity contribution >= 4 is 29.1 Å². The van der Waals surface area contributed by atoms with Crippen molar-refractivity contribution in [2.45, 2.75) is 40.2 Å². The Morgan fingerprint density at radius 3 is 2.62 bits per heavy atom. The number of halogens is 1. The van der Waals surface area contributed by atoms with Gasteiger partial charge in [-0.3, -0.25) is 9.59 Å². The maximum Gasteiger partial charge on any atom is 0.255 e. The van der Waals surface area contributed by atoms with Crippen LogP contribution in [0.3, 0.4) is 0 Å². The number of nitrogens with two attached hydrogens (primary N) is 1. The van der Waals surface area contributed by atoms with Crippen LogP contribution in [0.4, 0.5) is 5.69 Å². The number of nitrogens with zero attached hydrogens (tertiary/aromatic N) is 1. The van der Waals surface area contributed by atoms with Crippen molar-refractivity contribution in [1.29, 1.82) is 0 Å². The Morgan fingerprint density at radius 2 is 2.04 bits per heavy atom. The zero-order valence-electron chi connectivity index (χ0n) is 14.7. The van der Waals surface area contributed by atoms with E-state index in [4.69, 9.17) is 17.3 Å². The lowest BCUT2D eigenvalue weighted by Crippen LogP contribution is -2.54. The lowest BCUT2D eigenvalue weighted by atomic mass is 9.79. The van der Waals surface area contributed by atoms with E-state index >= 15 is 0 Å². The van der Waals surface area contributed by atoms with Gasteiger partial charge >= 0.3 is 0 Å². The molecule has 0 saturated carbocycles. The standard InChI is InChI=1S/C18H26ClN3O2/c1-11(2)16(23)21-12-5-6-14(19)13(9-12)17(24)22-8-7-15(20)18(3,4)10-22/h5-6,9,11,15H,7-8,10,20H2,1-4H3,(H,21,23). The molecule has 1 aliphatic heterocycles. The first kappa shape index (κ1) is 18.7. The molecule has 1 saturated heterocycles. The summed E-state index contributed by atoms with van der Waals surface area (Å²) in [5, 5.41) is 3.19. The highest BCUT2D eigenvalue weighted by molar-refractivity contribution is 6.34. The van der Waals surface area contributed by atoms with Crippen LogP contribution in [0, 0.1) is 11.3 Å². The van der Waals surface area contributed by atoms with E-state index in [2.05, 4.69) is 19.2 Å². The highest BCUT2D eigenvalue weighted by atomic mass is 35.5. The van der Waals surface area contributed by atoms with Gasteiger partial charge < -0.3 is 16.0 Å². The Labute approximate surface area is 148 Å². The van der Waals surface area contributed by atoms with Crippen LogP contribution in [0.1, 0.15) is 44.5 Å². The maximum atomic E-state index is 12.9. The molecule has 1 fully saturated rings. The Bertz CT molecular complexity index is 643. The topological polar surface area (TPSA) is 75.4 Å². The zero-order chi connectivity index (χ0) is 18.1. The number of hydrogen-bond acceptors (Lipinski definition) is 3. The van der Waals surface area contributed by atoms with Crippen molar-refractivity contribution < 1.29 is 9.59 Å². The second kappa shape index (κ2) is 7.11. The van der Waals surface area contributed by atoms with Crippen LogP contribution in [0.2, 0.25) is 5.02 Å². The molecular weight excluding hydrogens is 326 g/mol. The quantitative estimate of drug-likeness (QED) is 0.878. The summed E-state index contributed by atoms with van der Waals surface area (Å²) in [6, 6.07) is 5.07. The van der Waals surface area contributed by atoms with Crippen molar-refractivity contribution in [1.82, 2.24) is 4.90 Å². The van der Waals surface area contributed by atoms with Gasteiger partial charge in [-0.2, -0.15) is 0 Å². The van der Waals surface area contributed by atoms with E-state index in [0.29, 0.717) is 29.4 Å². The van der Waals surface area contributed by atoms with E-state index in [1.54, 1.807) is 23.1 Å². The number of carbonyl (C=O) groups excluding carboxylic acids is 2. The molecule has 1 heterocycles. The lowest BCUT2D eigenvalue weighted by Gasteiger charge is -2.42. The van der Waals surface area contributed by atoms with Gasteiger partial charge in [0.2, 0.25) is 5.91 Å². The van der Waals surface area contributed by atoms with Crippen molar-refractivity contribution in [3.63, 3.8) is 0 Å². The van der Waals surface area contributed by atoms with Crippen molar-refractivity contribution in [2.24, 2.45) is 17.1 Å². The number of hydrogen-bond donors (Lipinski definition) is 2. The summed E-state index contributed by atoms with van der Waals surface area (Å²) in [6.07, 6.45) is 0.764. The van der Waals surface area contributed by atoms with Gasteiger partial charge in [0.05, 0.1) is 10.6 Å². The van der Waals surface area contributed by atoms with Crippen LogP contribution in [0.5, 0.6) is 0 Å². The largest absolute Gasteiger partial charge is 0.338 e. The molecule has 2 amide bonds. The van der Waals surface area contributed by atoms with Gasteiger partial charge in [-0.25, -0.2) is 0 Å². The van der Waals surface area contributed by atoms with Crippen LogP contribution in [0.25, 0.3) is 0 Å². The average molecular weight is 352 g/mol. The normalized spacial score (nSPS) is 20.1. The number of benzene rings is 1. The monoisotopic (exact) mass is 351 g/mol. The molecule has 6 heteroatoms. The molecule has 1 atom stereocenters. The van der Waals surface area contributed by atoms with Crippen LogP contribution >= 0.6 is 11.6 Å².